The SMILES string of the molecule is CCOC[C@H](NC(=O)c1ccccc1Cl)C(=O)O. The largest absolute Gasteiger partial charge is 0.480 e. The average molecular weight is 272 g/mol. The Labute approximate surface area is 110 Å². The number of carbonyl (C=O) groups is 2. The summed E-state index contributed by atoms with van der Waals surface area (Å²) >= 11 is 5.85. The fraction of sp³-hybridized carbons (Fsp3) is 0.333. The summed E-state index contributed by atoms with van der Waals surface area (Å²) < 4.78 is 5.00. The van der Waals surface area contributed by atoms with Gasteiger partial charge in [-0.15, -0.1) is 0 Å². The summed E-state index contributed by atoms with van der Waals surface area (Å²) in [5, 5.41) is 11.6. The van der Waals surface area contributed by atoms with E-state index in [-0.39, 0.29) is 17.2 Å². The van der Waals surface area contributed by atoms with Gasteiger partial charge < -0.3 is 15.2 Å². The average Bonchev–Trinajstić information content (AvgIpc) is 2.34. The van der Waals surface area contributed by atoms with Crippen LogP contribution in [0.2, 0.25) is 5.02 Å². The molecule has 0 aliphatic heterocycles. The van der Waals surface area contributed by atoms with Gasteiger partial charge in [-0.1, -0.05) is 23.7 Å². The molecule has 0 heterocycles. The summed E-state index contributed by atoms with van der Waals surface area (Å²) in [6.07, 6.45) is 0. The van der Waals surface area contributed by atoms with Gasteiger partial charge in [0, 0.05) is 6.61 Å². The number of halogens is 1. The zero-order chi connectivity index (χ0) is 13.5. The van der Waals surface area contributed by atoms with Crippen LogP contribution in [-0.4, -0.2) is 36.2 Å². The predicted molar refractivity (Wildman–Crippen MR) is 66.8 cm³/mol. The zero-order valence-electron chi connectivity index (χ0n) is 9.85. The number of carboxylic acid groups (broad SMARTS) is 1. The van der Waals surface area contributed by atoms with E-state index in [9.17, 15) is 9.59 Å². The van der Waals surface area contributed by atoms with Gasteiger partial charge in [0.05, 0.1) is 17.2 Å². The van der Waals surface area contributed by atoms with Crippen LogP contribution in [0.4, 0.5) is 0 Å². The molecule has 0 fully saturated rings. The fourth-order valence-electron chi connectivity index (χ4n) is 1.29. The van der Waals surface area contributed by atoms with Crippen molar-refractivity contribution in [1.29, 1.82) is 0 Å². The third kappa shape index (κ3) is 4.01. The van der Waals surface area contributed by atoms with E-state index in [1.807, 2.05) is 0 Å². The van der Waals surface area contributed by atoms with Crippen LogP contribution in [0.5, 0.6) is 0 Å². The second-order valence-corrected chi connectivity index (χ2v) is 3.91. The second kappa shape index (κ2) is 6.98. The number of aliphatic carboxylic acids is 1. The molecule has 1 amide bonds. The predicted octanol–water partition coefficient (Wildman–Crippen LogP) is 1.56. The first-order valence-corrected chi connectivity index (χ1v) is 5.80. The van der Waals surface area contributed by atoms with Gasteiger partial charge in [0.25, 0.3) is 5.91 Å². The lowest BCUT2D eigenvalue weighted by Gasteiger charge is -2.14. The van der Waals surface area contributed by atoms with Crippen molar-refractivity contribution in [3.05, 3.63) is 34.9 Å². The fourth-order valence-corrected chi connectivity index (χ4v) is 1.51. The van der Waals surface area contributed by atoms with Gasteiger partial charge in [0.2, 0.25) is 0 Å². The molecule has 0 radical (unpaired) electrons. The third-order valence-electron chi connectivity index (χ3n) is 2.21. The minimum Gasteiger partial charge on any atom is -0.480 e. The van der Waals surface area contributed by atoms with Crippen molar-refractivity contribution in [2.24, 2.45) is 0 Å². The van der Waals surface area contributed by atoms with Crippen LogP contribution in [0.3, 0.4) is 0 Å². The molecular formula is C12H14ClNO4. The number of amides is 1. The van der Waals surface area contributed by atoms with Crippen LogP contribution >= 0.6 is 11.6 Å². The van der Waals surface area contributed by atoms with Gasteiger partial charge in [-0.25, -0.2) is 4.79 Å². The summed E-state index contributed by atoms with van der Waals surface area (Å²) in [4.78, 5) is 22.8. The van der Waals surface area contributed by atoms with Crippen molar-refractivity contribution < 1.29 is 19.4 Å². The van der Waals surface area contributed by atoms with Crippen LogP contribution in [0, 0.1) is 0 Å². The van der Waals surface area contributed by atoms with Crippen molar-refractivity contribution in [1.82, 2.24) is 5.32 Å². The number of carboxylic acids is 1. The summed E-state index contributed by atoms with van der Waals surface area (Å²) in [6.45, 7) is 2.04. The molecular weight excluding hydrogens is 258 g/mol. The summed E-state index contributed by atoms with van der Waals surface area (Å²) in [5.74, 6) is -1.68. The van der Waals surface area contributed by atoms with Gasteiger partial charge in [-0.05, 0) is 19.1 Å². The molecule has 0 bridgehead atoms. The number of carbonyl (C=O) groups excluding carboxylic acids is 1. The molecule has 5 nitrogen and oxygen atoms in total. The summed E-state index contributed by atoms with van der Waals surface area (Å²) in [7, 11) is 0. The smallest absolute Gasteiger partial charge is 0.328 e. The highest BCUT2D eigenvalue weighted by atomic mass is 35.5. The third-order valence-corrected chi connectivity index (χ3v) is 2.54. The van der Waals surface area contributed by atoms with Crippen molar-refractivity contribution in [3.8, 4) is 0 Å². The number of rotatable bonds is 6. The molecule has 0 saturated heterocycles. The second-order valence-electron chi connectivity index (χ2n) is 3.50. The molecule has 0 aliphatic rings. The Balaban J connectivity index is 2.72. The minimum atomic E-state index is -1.15. The van der Waals surface area contributed by atoms with Crippen LogP contribution in [0.25, 0.3) is 0 Å². The standard InChI is InChI=1S/C12H14ClNO4/c1-2-18-7-10(12(16)17)14-11(15)8-5-3-4-6-9(8)13/h3-6,10H,2,7H2,1H3,(H,14,15)(H,16,17)/t10-/m0/s1. The van der Waals surface area contributed by atoms with E-state index < -0.39 is 17.9 Å². The highest BCUT2D eigenvalue weighted by Gasteiger charge is 2.21. The highest BCUT2D eigenvalue weighted by molar-refractivity contribution is 6.33. The van der Waals surface area contributed by atoms with E-state index in [2.05, 4.69) is 5.32 Å². The van der Waals surface area contributed by atoms with Crippen LogP contribution in [-0.2, 0) is 9.53 Å². The molecule has 1 aromatic carbocycles. The maximum atomic E-state index is 11.8. The molecule has 0 spiro atoms. The van der Waals surface area contributed by atoms with E-state index in [0.717, 1.165) is 0 Å². The Morgan fingerprint density at radius 3 is 2.67 bits per heavy atom. The van der Waals surface area contributed by atoms with E-state index in [4.69, 9.17) is 21.4 Å². The maximum Gasteiger partial charge on any atom is 0.328 e. The van der Waals surface area contributed by atoms with Crippen molar-refractivity contribution in [2.75, 3.05) is 13.2 Å². The minimum absolute atomic E-state index is 0.0813. The van der Waals surface area contributed by atoms with Gasteiger partial charge in [-0.2, -0.15) is 0 Å². The molecule has 0 unspecified atom stereocenters. The molecule has 0 saturated carbocycles. The van der Waals surface area contributed by atoms with E-state index in [1.165, 1.54) is 6.07 Å². The molecule has 98 valence electrons. The zero-order valence-corrected chi connectivity index (χ0v) is 10.6. The molecule has 1 rings (SSSR count). The Morgan fingerprint density at radius 1 is 1.44 bits per heavy atom. The number of nitrogens with one attached hydrogen (secondary N) is 1. The Kier molecular flexibility index (Phi) is 5.61. The molecule has 2 N–H and O–H groups in total. The lowest BCUT2D eigenvalue weighted by atomic mass is 10.2. The van der Waals surface area contributed by atoms with Gasteiger partial charge in [0.15, 0.2) is 6.04 Å². The Morgan fingerprint density at radius 2 is 2.11 bits per heavy atom. The van der Waals surface area contributed by atoms with Crippen LogP contribution in [0.15, 0.2) is 24.3 Å². The van der Waals surface area contributed by atoms with Crippen molar-refractivity contribution in [3.63, 3.8) is 0 Å². The molecule has 0 aromatic heterocycles. The normalized spacial score (nSPS) is 11.9. The molecule has 0 aliphatic carbocycles. The van der Waals surface area contributed by atoms with E-state index in [1.54, 1.807) is 25.1 Å². The number of hydrogen-bond acceptors (Lipinski definition) is 3. The van der Waals surface area contributed by atoms with Crippen molar-refractivity contribution >= 4 is 23.5 Å². The quantitative estimate of drug-likeness (QED) is 0.823. The molecule has 6 heteroatoms. The van der Waals surface area contributed by atoms with E-state index in [0.29, 0.717) is 6.61 Å². The Bertz CT molecular complexity index is 436. The molecule has 1 aromatic rings. The summed E-state index contributed by atoms with van der Waals surface area (Å²) in [6, 6.07) is 5.34. The first-order valence-electron chi connectivity index (χ1n) is 5.42. The first kappa shape index (κ1) is 14.5. The topological polar surface area (TPSA) is 75.6 Å². The number of ether oxygens (including phenoxy) is 1. The van der Waals surface area contributed by atoms with Gasteiger partial charge in [0.1, 0.15) is 0 Å². The highest BCUT2D eigenvalue weighted by Crippen LogP contribution is 2.14. The maximum absolute atomic E-state index is 11.8. The lowest BCUT2D eigenvalue weighted by Crippen LogP contribution is -2.44. The number of benzene rings is 1. The monoisotopic (exact) mass is 271 g/mol. The van der Waals surface area contributed by atoms with E-state index >= 15 is 0 Å². The molecule has 18 heavy (non-hydrogen) atoms. The molecule has 1 atom stereocenters. The number of hydrogen-bond donors (Lipinski definition) is 2. The summed E-state index contributed by atoms with van der Waals surface area (Å²) in [5.41, 5.74) is 0.238. The lowest BCUT2D eigenvalue weighted by molar-refractivity contribution is -0.140. The van der Waals surface area contributed by atoms with Gasteiger partial charge >= 0.3 is 5.97 Å². The van der Waals surface area contributed by atoms with Crippen LogP contribution < -0.4 is 5.32 Å². The van der Waals surface area contributed by atoms with Gasteiger partial charge in [-0.3, -0.25) is 4.79 Å². The van der Waals surface area contributed by atoms with Crippen molar-refractivity contribution in [2.45, 2.75) is 13.0 Å². The Hall–Kier alpha value is -1.59. The van der Waals surface area contributed by atoms with Crippen LogP contribution in [0.1, 0.15) is 17.3 Å². The first-order chi connectivity index (χ1) is 8.56.